The van der Waals surface area contributed by atoms with Gasteiger partial charge in [-0.15, -0.1) is 0 Å². The molecular weight excluding hydrogens is 323 g/mol. The minimum absolute atomic E-state index is 0.0943. The number of aromatic carboxylic acids is 1. The SMILES string of the molecule is O=C(O)c1ccn(Cc2cnc(C3CCC(F)(F)CC3)c(F)c2)n1. The monoisotopic (exact) mass is 339 g/mol. The highest BCUT2D eigenvalue weighted by Gasteiger charge is 2.36. The van der Waals surface area contributed by atoms with Crippen LogP contribution in [0.1, 0.15) is 53.3 Å². The third-order valence-corrected chi connectivity index (χ3v) is 4.23. The van der Waals surface area contributed by atoms with Crippen molar-refractivity contribution in [3.05, 3.63) is 47.3 Å². The van der Waals surface area contributed by atoms with E-state index in [0.717, 1.165) is 0 Å². The summed E-state index contributed by atoms with van der Waals surface area (Å²) in [6.45, 7) is 0.181. The van der Waals surface area contributed by atoms with Crippen molar-refractivity contribution in [2.24, 2.45) is 0 Å². The lowest BCUT2D eigenvalue weighted by Gasteiger charge is -2.28. The minimum atomic E-state index is -2.66. The summed E-state index contributed by atoms with van der Waals surface area (Å²) in [5.74, 6) is -4.60. The van der Waals surface area contributed by atoms with E-state index in [-0.39, 0.29) is 49.5 Å². The Bertz CT molecular complexity index is 751. The molecule has 0 unspecified atom stereocenters. The Hall–Kier alpha value is -2.38. The maximum absolute atomic E-state index is 14.3. The third-order valence-electron chi connectivity index (χ3n) is 4.23. The first-order chi connectivity index (χ1) is 11.3. The molecule has 128 valence electrons. The summed E-state index contributed by atoms with van der Waals surface area (Å²) >= 11 is 0. The molecule has 1 aliphatic rings. The quantitative estimate of drug-likeness (QED) is 0.926. The van der Waals surface area contributed by atoms with Crippen LogP contribution < -0.4 is 0 Å². The molecule has 2 heterocycles. The first-order valence-corrected chi connectivity index (χ1v) is 7.63. The summed E-state index contributed by atoms with van der Waals surface area (Å²) in [7, 11) is 0. The number of nitrogens with zero attached hydrogens (tertiary/aromatic N) is 3. The average Bonchev–Trinajstić information content (AvgIpc) is 2.97. The molecule has 0 aromatic carbocycles. The molecule has 0 aliphatic heterocycles. The fraction of sp³-hybridized carbons (Fsp3) is 0.438. The van der Waals surface area contributed by atoms with Gasteiger partial charge in [-0.1, -0.05) is 0 Å². The van der Waals surface area contributed by atoms with Gasteiger partial charge in [-0.2, -0.15) is 5.10 Å². The van der Waals surface area contributed by atoms with Gasteiger partial charge in [0, 0.05) is 31.2 Å². The molecule has 0 bridgehead atoms. The molecule has 0 radical (unpaired) electrons. The number of pyridine rings is 1. The maximum atomic E-state index is 14.3. The number of carboxylic acids is 1. The van der Waals surface area contributed by atoms with Crippen LogP contribution in [0.3, 0.4) is 0 Å². The summed E-state index contributed by atoms with van der Waals surface area (Å²) in [6.07, 6.45) is 2.91. The standard InChI is InChI=1S/C16H16F3N3O2/c17-12-7-10(9-22-6-3-13(21-22)15(23)24)8-20-14(12)11-1-4-16(18,19)5-2-11/h3,6-8,11H,1-2,4-5,9H2,(H,23,24). The molecule has 3 rings (SSSR count). The van der Waals surface area contributed by atoms with Gasteiger partial charge in [-0.05, 0) is 30.5 Å². The molecule has 1 saturated carbocycles. The van der Waals surface area contributed by atoms with Gasteiger partial charge in [0.15, 0.2) is 5.69 Å². The van der Waals surface area contributed by atoms with Crippen LogP contribution in [0.2, 0.25) is 0 Å². The van der Waals surface area contributed by atoms with E-state index in [9.17, 15) is 18.0 Å². The predicted octanol–water partition coefficient (Wildman–Crippen LogP) is 3.46. The summed E-state index contributed by atoms with van der Waals surface area (Å²) < 4.78 is 42.1. The van der Waals surface area contributed by atoms with E-state index in [4.69, 9.17) is 5.11 Å². The van der Waals surface area contributed by atoms with E-state index in [1.165, 1.54) is 29.2 Å². The van der Waals surface area contributed by atoms with Gasteiger partial charge in [0.2, 0.25) is 5.92 Å². The van der Waals surface area contributed by atoms with Crippen LogP contribution in [-0.4, -0.2) is 31.8 Å². The molecule has 2 aromatic heterocycles. The van der Waals surface area contributed by atoms with Gasteiger partial charge in [0.25, 0.3) is 0 Å². The largest absolute Gasteiger partial charge is 0.476 e. The molecule has 0 spiro atoms. The number of carbonyl (C=O) groups is 1. The van der Waals surface area contributed by atoms with Gasteiger partial charge < -0.3 is 5.11 Å². The molecular formula is C16H16F3N3O2. The van der Waals surface area contributed by atoms with E-state index >= 15 is 0 Å². The predicted molar refractivity (Wildman–Crippen MR) is 78.6 cm³/mol. The smallest absolute Gasteiger partial charge is 0.356 e. The highest BCUT2D eigenvalue weighted by Crippen LogP contribution is 2.40. The van der Waals surface area contributed by atoms with Crippen LogP contribution in [0.5, 0.6) is 0 Å². The number of hydrogen-bond donors (Lipinski definition) is 1. The Labute approximate surface area is 136 Å². The van der Waals surface area contributed by atoms with E-state index in [1.54, 1.807) is 0 Å². The van der Waals surface area contributed by atoms with Crippen LogP contribution in [0, 0.1) is 5.82 Å². The average molecular weight is 339 g/mol. The van der Waals surface area contributed by atoms with Crippen LogP contribution in [-0.2, 0) is 6.54 Å². The Morgan fingerprint density at radius 2 is 2.08 bits per heavy atom. The number of carboxylic acid groups (broad SMARTS) is 1. The van der Waals surface area contributed by atoms with Crippen LogP contribution in [0.4, 0.5) is 13.2 Å². The van der Waals surface area contributed by atoms with E-state index < -0.39 is 17.7 Å². The summed E-state index contributed by atoms with van der Waals surface area (Å²) in [6, 6.07) is 2.65. The molecule has 5 nitrogen and oxygen atoms in total. The van der Waals surface area contributed by atoms with Crippen molar-refractivity contribution >= 4 is 5.97 Å². The first-order valence-electron chi connectivity index (χ1n) is 7.63. The Morgan fingerprint density at radius 1 is 1.38 bits per heavy atom. The fourth-order valence-electron chi connectivity index (χ4n) is 2.94. The van der Waals surface area contributed by atoms with Gasteiger partial charge in [-0.25, -0.2) is 18.0 Å². The summed E-state index contributed by atoms with van der Waals surface area (Å²) in [5.41, 5.74) is 0.654. The molecule has 1 aliphatic carbocycles. The molecule has 0 amide bonds. The zero-order valence-electron chi connectivity index (χ0n) is 12.8. The lowest BCUT2D eigenvalue weighted by Crippen LogP contribution is -2.24. The molecule has 8 heteroatoms. The lowest BCUT2D eigenvalue weighted by atomic mass is 9.84. The highest BCUT2D eigenvalue weighted by molar-refractivity contribution is 5.85. The summed E-state index contributed by atoms with van der Waals surface area (Å²) in [4.78, 5) is 14.9. The van der Waals surface area contributed by atoms with E-state index in [0.29, 0.717) is 5.56 Å². The number of halogens is 3. The fourth-order valence-corrected chi connectivity index (χ4v) is 2.94. The van der Waals surface area contributed by atoms with Gasteiger partial charge in [0.05, 0.1) is 12.2 Å². The van der Waals surface area contributed by atoms with E-state index in [1.807, 2.05) is 0 Å². The van der Waals surface area contributed by atoms with Crippen molar-refractivity contribution in [2.45, 2.75) is 44.1 Å². The van der Waals surface area contributed by atoms with E-state index in [2.05, 4.69) is 10.1 Å². The van der Waals surface area contributed by atoms with Crippen molar-refractivity contribution in [1.29, 1.82) is 0 Å². The van der Waals surface area contributed by atoms with Gasteiger partial charge in [-0.3, -0.25) is 9.67 Å². The second-order valence-electron chi connectivity index (χ2n) is 6.04. The van der Waals surface area contributed by atoms with Crippen molar-refractivity contribution < 1.29 is 23.1 Å². The van der Waals surface area contributed by atoms with Crippen molar-refractivity contribution in [3.8, 4) is 0 Å². The van der Waals surface area contributed by atoms with Crippen molar-refractivity contribution in [2.75, 3.05) is 0 Å². The number of rotatable bonds is 4. The highest BCUT2D eigenvalue weighted by atomic mass is 19.3. The number of hydrogen-bond acceptors (Lipinski definition) is 3. The lowest BCUT2D eigenvalue weighted by molar-refractivity contribution is -0.0387. The van der Waals surface area contributed by atoms with Crippen LogP contribution >= 0.6 is 0 Å². The summed E-state index contributed by atoms with van der Waals surface area (Å²) in [5, 5.41) is 12.7. The zero-order chi connectivity index (χ0) is 17.3. The van der Waals surface area contributed by atoms with Crippen molar-refractivity contribution in [3.63, 3.8) is 0 Å². The third kappa shape index (κ3) is 3.58. The van der Waals surface area contributed by atoms with Gasteiger partial charge in [0.1, 0.15) is 5.82 Å². The second kappa shape index (κ2) is 6.26. The Morgan fingerprint density at radius 3 is 2.67 bits per heavy atom. The van der Waals surface area contributed by atoms with Crippen molar-refractivity contribution in [1.82, 2.24) is 14.8 Å². The maximum Gasteiger partial charge on any atom is 0.356 e. The topological polar surface area (TPSA) is 68.0 Å². The molecule has 0 saturated heterocycles. The minimum Gasteiger partial charge on any atom is -0.476 e. The first kappa shape index (κ1) is 16.5. The molecule has 24 heavy (non-hydrogen) atoms. The number of aromatic nitrogens is 3. The molecule has 1 N–H and O–H groups in total. The van der Waals surface area contributed by atoms with Gasteiger partial charge >= 0.3 is 5.97 Å². The van der Waals surface area contributed by atoms with Crippen LogP contribution in [0.15, 0.2) is 24.5 Å². The number of alkyl halides is 2. The van der Waals surface area contributed by atoms with Crippen LogP contribution in [0.25, 0.3) is 0 Å². The second-order valence-corrected chi connectivity index (χ2v) is 6.04. The molecule has 2 aromatic rings. The molecule has 0 atom stereocenters. The normalized spacial score (nSPS) is 17.8. The zero-order valence-corrected chi connectivity index (χ0v) is 12.8. The molecule has 1 fully saturated rings. The Balaban J connectivity index is 1.71. The Kier molecular flexibility index (Phi) is 4.29.